The molecule has 0 aliphatic rings. The van der Waals surface area contributed by atoms with Gasteiger partial charge in [0.15, 0.2) is 0 Å². The zero-order chi connectivity index (χ0) is 19.2. The molecule has 2 aromatic rings. The van der Waals surface area contributed by atoms with E-state index in [2.05, 4.69) is 10.6 Å². The van der Waals surface area contributed by atoms with Crippen molar-refractivity contribution in [3.63, 3.8) is 0 Å². The van der Waals surface area contributed by atoms with Crippen LogP contribution in [0.3, 0.4) is 0 Å². The minimum atomic E-state index is -3.79. The molecule has 0 atom stereocenters. The Balaban J connectivity index is 0.00000364. The maximum Gasteiger partial charge on any atom is 0.264 e. The van der Waals surface area contributed by atoms with E-state index in [0.717, 1.165) is 0 Å². The molecule has 0 bridgehead atoms. The highest BCUT2D eigenvalue weighted by molar-refractivity contribution is 7.92. The zero-order valence-electron chi connectivity index (χ0n) is 15.4. The lowest BCUT2D eigenvalue weighted by molar-refractivity contribution is 0.0954. The summed E-state index contributed by atoms with van der Waals surface area (Å²) in [6.45, 7) is 1.09. The number of nitrogens with one attached hydrogen (secondary N) is 2. The first-order valence-corrected chi connectivity index (χ1v) is 9.50. The summed E-state index contributed by atoms with van der Waals surface area (Å²) >= 11 is 0. The van der Waals surface area contributed by atoms with Gasteiger partial charge in [0.25, 0.3) is 15.9 Å². The largest absolute Gasteiger partial charge is 0.497 e. The number of halogens is 1. The fraction of sp³-hybridized carbons (Fsp3) is 0.278. The number of methoxy groups -OCH3 is 1. The Morgan fingerprint density at radius 2 is 1.78 bits per heavy atom. The van der Waals surface area contributed by atoms with E-state index in [-0.39, 0.29) is 23.2 Å². The summed E-state index contributed by atoms with van der Waals surface area (Å²) in [5.74, 6) is 0.323. The second kappa shape index (κ2) is 10.1. The number of carbonyl (C=O) groups excluding carboxylic acids is 1. The Morgan fingerprint density at radius 1 is 1.11 bits per heavy atom. The first kappa shape index (κ1) is 22.8. The average molecular weight is 414 g/mol. The van der Waals surface area contributed by atoms with Gasteiger partial charge in [0, 0.05) is 25.7 Å². The first-order valence-electron chi connectivity index (χ1n) is 8.06. The lowest BCUT2D eigenvalue weighted by atomic mass is 10.2. The quantitative estimate of drug-likeness (QED) is 0.645. The number of nitrogens with zero attached hydrogens (tertiary/aromatic N) is 1. The molecule has 0 spiro atoms. The van der Waals surface area contributed by atoms with Crippen molar-refractivity contribution in [1.29, 1.82) is 0 Å². The summed E-state index contributed by atoms with van der Waals surface area (Å²) in [6, 6.07) is 12.7. The number of carbonyl (C=O) groups is 1. The van der Waals surface area contributed by atoms with Gasteiger partial charge in [0.05, 0.1) is 17.7 Å². The normalized spacial score (nSPS) is 10.6. The van der Waals surface area contributed by atoms with Crippen molar-refractivity contribution in [1.82, 2.24) is 10.6 Å². The SMILES string of the molecule is CNCCNC(=O)c1cccc(S(=O)(=O)N(C)c2ccc(OC)cc2)c1.Cl. The predicted molar refractivity (Wildman–Crippen MR) is 109 cm³/mol. The summed E-state index contributed by atoms with van der Waals surface area (Å²) in [6.07, 6.45) is 0. The van der Waals surface area contributed by atoms with Crippen molar-refractivity contribution in [2.45, 2.75) is 4.90 Å². The van der Waals surface area contributed by atoms with Crippen LogP contribution in [-0.4, -0.2) is 48.6 Å². The highest BCUT2D eigenvalue weighted by Gasteiger charge is 2.22. The van der Waals surface area contributed by atoms with Gasteiger partial charge in [-0.1, -0.05) is 6.07 Å². The van der Waals surface area contributed by atoms with Crippen LogP contribution in [0, 0.1) is 0 Å². The standard InChI is InChI=1S/C18H23N3O4S.ClH/c1-19-11-12-20-18(22)14-5-4-6-17(13-14)26(23,24)21(2)15-7-9-16(25-3)10-8-15;/h4-10,13,19H,11-12H2,1-3H3,(H,20,22);1H. The predicted octanol–water partition coefficient (Wildman–Crippen LogP) is 1.89. The Kier molecular flexibility index (Phi) is 8.55. The van der Waals surface area contributed by atoms with E-state index in [9.17, 15) is 13.2 Å². The van der Waals surface area contributed by atoms with E-state index in [1.165, 1.54) is 23.5 Å². The molecule has 148 valence electrons. The van der Waals surface area contributed by atoms with Crippen LogP contribution in [0.2, 0.25) is 0 Å². The van der Waals surface area contributed by atoms with Crippen molar-refractivity contribution >= 4 is 34.0 Å². The number of likely N-dealkylation sites (N-methyl/N-ethyl adjacent to an activating group) is 1. The molecule has 2 N–H and O–H groups in total. The average Bonchev–Trinajstić information content (AvgIpc) is 2.67. The Labute approximate surface area is 166 Å². The van der Waals surface area contributed by atoms with Crippen LogP contribution in [0.4, 0.5) is 5.69 Å². The molecule has 7 nitrogen and oxygen atoms in total. The Bertz CT molecular complexity index is 857. The molecule has 9 heteroatoms. The molecule has 0 aromatic heterocycles. The van der Waals surface area contributed by atoms with Gasteiger partial charge in [-0.15, -0.1) is 12.4 Å². The molecule has 27 heavy (non-hydrogen) atoms. The molecular weight excluding hydrogens is 390 g/mol. The number of sulfonamides is 1. The van der Waals surface area contributed by atoms with E-state index in [1.54, 1.807) is 50.6 Å². The number of rotatable bonds is 8. The van der Waals surface area contributed by atoms with Gasteiger partial charge in [-0.25, -0.2) is 8.42 Å². The van der Waals surface area contributed by atoms with Gasteiger partial charge in [0.1, 0.15) is 5.75 Å². The van der Waals surface area contributed by atoms with Crippen molar-refractivity contribution in [2.75, 3.05) is 38.6 Å². The van der Waals surface area contributed by atoms with E-state index < -0.39 is 10.0 Å². The van der Waals surface area contributed by atoms with E-state index >= 15 is 0 Å². The van der Waals surface area contributed by atoms with Crippen LogP contribution in [-0.2, 0) is 10.0 Å². The van der Waals surface area contributed by atoms with Crippen LogP contribution in [0.25, 0.3) is 0 Å². The van der Waals surface area contributed by atoms with Gasteiger partial charge < -0.3 is 15.4 Å². The van der Waals surface area contributed by atoms with Crippen molar-refractivity contribution in [3.05, 3.63) is 54.1 Å². The molecule has 1 amide bonds. The van der Waals surface area contributed by atoms with Gasteiger partial charge in [-0.3, -0.25) is 9.10 Å². The molecule has 0 saturated carbocycles. The third-order valence-corrected chi connectivity index (χ3v) is 5.63. The summed E-state index contributed by atoms with van der Waals surface area (Å²) in [4.78, 5) is 12.2. The monoisotopic (exact) mass is 413 g/mol. The topological polar surface area (TPSA) is 87.7 Å². The van der Waals surface area contributed by atoms with Crippen molar-refractivity contribution < 1.29 is 17.9 Å². The van der Waals surface area contributed by atoms with Crippen LogP contribution < -0.4 is 19.7 Å². The van der Waals surface area contributed by atoms with Gasteiger partial charge >= 0.3 is 0 Å². The highest BCUT2D eigenvalue weighted by atomic mass is 35.5. The zero-order valence-corrected chi connectivity index (χ0v) is 17.1. The van der Waals surface area contributed by atoms with Crippen LogP contribution in [0.5, 0.6) is 5.75 Å². The lowest BCUT2D eigenvalue weighted by Crippen LogP contribution is -2.31. The van der Waals surface area contributed by atoms with Crippen molar-refractivity contribution in [3.8, 4) is 5.75 Å². The van der Waals surface area contributed by atoms with Gasteiger partial charge in [-0.05, 0) is 49.5 Å². The van der Waals surface area contributed by atoms with E-state index in [1.807, 2.05) is 0 Å². The summed E-state index contributed by atoms with van der Waals surface area (Å²) < 4.78 is 32.0. The maximum absolute atomic E-state index is 12.9. The second-order valence-corrected chi connectivity index (χ2v) is 7.53. The summed E-state index contributed by atoms with van der Waals surface area (Å²) in [5, 5.41) is 5.65. The lowest BCUT2D eigenvalue weighted by Gasteiger charge is -2.20. The van der Waals surface area contributed by atoms with Crippen LogP contribution in [0.1, 0.15) is 10.4 Å². The number of ether oxygens (including phenoxy) is 1. The van der Waals surface area contributed by atoms with Crippen LogP contribution >= 0.6 is 12.4 Å². The molecule has 0 heterocycles. The van der Waals surface area contributed by atoms with Gasteiger partial charge in [-0.2, -0.15) is 0 Å². The van der Waals surface area contributed by atoms with Crippen LogP contribution in [0.15, 0.2) is 53.4 Å². The first-order chi connectivity index (χ1) is 12.4. The number of anilines is 1. The Morgan fingerprint density at radius 3 is 2.37 bits per heavy atom. The van der Waals surface area contributed by atoms with E-state index in [0.29, 0.717) is 30.1 Å². The molecule has 0 unspecified atom stereocenters. The van der Waals surface area contributed by atoms with Gasteiger partial charge in [0.2, 0.25) is 0 Å². The third-order valence-electron chi connectivity index (χ3n) is 3.85. The molecule has 0 aliphatic heterocycles. The minimum Gasteiger partial charge on any atom is -0.497 e. The second-order valence-electron chi connectivity index (χ2n) is 5.56. The molecule has 0 radical (unpaired) electrons. The maximum atomic E-state index is 12.9. The smallest absolute Gasteiger partial charge is 0.264 e. The molecule has 0 aliphatic carbocycles. The summed E-state index contributed by atoms with van der Waals surface area (Å²) in [5.41, 5.74) is 0.792. The number of hydrogen-bond donors (Lipinski definition) is 2. The highest BCUT2D eigenvalue weighted by Crippen LogP contribution is 2.24. The fourth-order valence-corrected chi connectivity index (χ4v) is 3.53. The molecule has 0 saturated heterocycles. The number of hydrogen-bond acceptors (Lipinski definition) is 5. The van der Waals surface area contributed by atoms with Crippen molar-refractivity contribution in [2.24, 2.45) is 0 Å². The molecule has 2 aromatic carbocycles. The van der Waals surface area contributed by atoms with E-state index in [4.69, 9.17) is 4.74 Å². The number of amides is 1. The molecule has 0 fully saturated rings. The molecule has 2 rings (SSSR count). The minimum absolute atomic E-state index is 0. The number of benzene rings is 2. The summed E-state index contributed by atoms with van der Waals surface area (Å²) in [7, 11) is 1.01. The third kappa shape index (κ3) is 5.59. The Hall–Kier alpha value is -2.29. The fourth-order valence-electron chi connectivity index (χ4n) is 2.29. The molecular formula is C18H24ClN3O4S.